The van der Waals surface area contributed by atoms with E-state index in [0.717, 1.165) is 35.2 Å². The number of hydrogen-bond donors (Lipinski definition) is 0. The maximum absolute atomic E-state index is 13.1. The van der Waals surface area contributed by atoms with Gasteiger partial charge in [-0.25, -0.2) is 4.98 Å². The minimum absolute atomic E-state index is 0.0389. The molecule has 0 spiro atoms. The molecule has 2 unspecified atom stereocenters. The van der Waals surface area contributed by atoms with Crippen molar-refractivity contribution < 1.29 is 9.59 Å². The Labute approximate surface area is 157 Å². The average Bonchev–Trinajstić information content (AvgIpc) is 2.96. The van der Waals surface area contributed by atoms with Gasteiger partial charge in [-0.1, -0.05) is 17.2 Å². The van der Waals surface area contributed by atoms with E-state index in [9.17, 15) is 9.59 Å². The Hall–Kier alpha value is -2.21. The Morgan fingerprint density at radius 1 is 1.19 bits per heavy atom. The Morgan fingerprint density at radius 2 is 1.96 bits per heavy atom. The molecule has 0 N–H and O–H groups in total. The van der Waals surface area contributed by atoms with E-state index in [0.29, 0.717) is 19.6 Å². The SMILES string of the molecule is Cc1cc(C)cc(C(=O)N2CC3CCC(C2)N(Cc2cscn2)C3=O)c1. The Kier molecular flexibility index (Phi) is 4.53. The molecule has 5 nitrogen and oxygen atoms in total. The first-order chi connectivity index (χ1) is 12.5. The molecule has 26 heavy (non-hydrogen) atoms. The van der Waals surface area contributed by atoms with E-state index in [1.165, 1.54) is 0 Å². The summed E-state index contributed by atoms with van der Waals surface area (Å²) < 4.78 is 0. The average molecular weight is 369 g/mol. The number of fused-ring (bicyclic) bond motifs is 4. The van der Waals surface area contributed by atoms with Crippen LogP contribution in [0.1, 0.15) is 40.0 Å². The van der Waals surface area contributed by atoms with Crippen LogP contribution < -0.4 is 0 Å². The molecule has 136 valence electrons. The van der Waals surface area contributed by atoms with Gasteiger partial charge in [-0.3, -0.25) is 9.59 Å². The molecule has 6 heteroatoms. The summed E-state index contributed by atoms with van der Waals surface area (Å²) in [4.78, 5) is 34.2. The Morgan fingerprint density at radius 3 is 2.65 bits per heavy atom. The van der Waals surface area contributed by atoms with E-state index in [2.05, 4.69) is 11.1 Å². The fourth-order valence-electron chi connectivity index (χ4n) is 4.19. The molecule has 0 aliphatic carbocycles. The standard InChI is InChI=1S/C20H23N3O2S/c1-13-5-14(2)7-16(6-13)19(24)22-8-15-3-4-18(10-22)23(20(15)25)9-17-11-26-12-21-17/h5-7,11-12,15,18H,3-4,8-10H2,1-2H3. The van der Waals surface area contributed by atoms with Crippen LogP contribution in [0.5, 0.6) is 0 Å². The first-order valence-corrected chi connectivity index (χ1v) is 10.0. The molecule has 3 aliphatic heterocycles. The molecule has 3 aliphatic rings. The van der Waals surface area contributed by atoms with Crippen molar-refractivity contribution in [2.45, 2.75) is 39.3 Å². The van der Waals surface area contributed by atoms with Crippen LogP contribution in [-0.4, -0.2) is 45.7 Å². The number of piperidine rings is 1. The third kappa shape index (κ3) is 3.26. The van der Waals surface area contributed by atoms with Crippen LogP contribution in [0.25, 0.3) is 0 Å². The zero-order chi connectivity index (χ0) is 18.3. The summed E-state index contributed by atoms with van der Waals surface area (Å²) in [6, 6.07) is 6.04. The normalized spacial score (nSPS) is 22.6. The van der Waals surface area contributed by atoms with Gasteiger partial charge in [0.25, 0.3) is 5.91 Å². The van der Waals surface area contributed by atoms with Crippen molar-refractivity contribution in [3.63, 3.8) is 0 Å². The predicted octanol–water partition coefficient (Wildman–Crippen LogP) is 3.02. The van der Waals surface area contributed by atoms with Gasteiger partial charge in [-0.05, 0) is 38.8 Å². The van der Waals surface area contributed by atoms with E-state index in [1.54, 1.807) is 16.8 Å². The number of nitrogens with zero attached hydrogens (tertiary/aromatic N) is 3. The second kappa shape index (κ2) is 6.83. The fraction of sp³-hybridized carbons (Fsp3) is 0.450. The summed E-state index contributed by atoms with van der Waals surface area (Å²) in [6.45, 7) is 5.70. The minimum atomic E-state index is -0.0951. The lowest BCUT2D eigenvalue weighted by Crippen LogP contribution is -2.47. The third-order valence-electron chi connectivity index (χ3n) is 5.37. The monoisotopic (exact) mass is 369 g/mol. The second-order valence-corrected chi connectivity index (χ2v) is 8.18. The quantitative estimate of drug-likeness (QED) is 0.836. The summed E-state index contributed by atoms with van der Waals surface area (Å²) in [7, 11) is 0. The summed E-state index contributed by atoms with van der Waals surface area (Å²) in [5, 5.41) is 1.99. The van der Waals surface area contributed by atoms with Gasteiger partial charge >= 0.3 is 0 Å². The molecule has 2 bridgehead atoms. The summed E-state index contributed by atoms with van der Waals surface area (Å²) >= 11 is 1.55. The number of aryl methyl sites for hydroxylation is 2. The lowest BCUT2D eigenvalue weighted by molar-refractivity contribution is -0.140. The summed E-state index contributed by atoms with van der Waals surface area (Å²) in [6.07, 6.45) is 1.82. The van der Waals surface area contributed by atoms with Crippen molar-refractivity contribution in [2.75, 3.05) is 13.1 Å². The van der Waals surface area contributed by atoms with Crippen molar-refractivity contribution >= 4 is 23.2 Å². The first-order valence-electron chi connectivity index (χ1n) is 9.06. The third-order valence-corrected chi connectivity index (χ3v) is 6.00. The predicted molar refractivity (Wildman–Crippen MR) is 101 cm³/mol. The lowest BCUT2D eigenvalue weighted by atomic mass is 9.94. The molecular formula is C20H23N3O2S. The molecule has 3 saturated heterocycles. The van der Waals surface area contributed by atoms with Crippen LogP contribution in [0.3, 0.4) is 0 Å². The summed E-state index contributed by atoms with van der Waals surface area (Å²) in [5.74, 6) is 0.115. The van der Waals surface area contributed by atoms with Crippen LogP contribution in [-0.2, 0) is 11.3 Å². The van der Waals surface area contributed by atoms with Crippen LogP contribution in [0.2, 0.25) is 0 Å². The molecule has 2 atom stereocenters. The van der Waals surface area contributed by atoms with Crippen LogP contribution in [0.4, 0.5) is 0 Å². The molecule has 2 aromatic rings. The lowest BCUT2D eigenvalue weighted by Gasteiger charge is -2.35. The highest BCUT2D eigenvalue weighted by molar-refractivity contribution is 7.07. The number of carbonyl (C=O) groups excluding carboxylic acids is 2. The number of amides is 2. The van der Waals surface area contributed by atoms with Gasteiger partial charge in [0.2, 0.25) is 5.91 Å². The molecule has 3 fully saturated rings. The highest BCUT2D eigenvalue weighted by Gasteiger charge is 2.42. The Balaban J connectivity index is 1.57. The van der Waals surface area contributed by atoms with E-state index >= 15 is 0 Å². The number of thiazole rings is 1. The number of benzene rings is 1. The topological polar surface area (TPSA) is 53.5 Å². The van der Waals surface area contributed by atoms with Crippen molar-refractivity contribution in [1.82, 2.24) is 14.8 Å². The second-order valence-electron chi connectivity index (χ2n) is 7.46. The molecule has 0 saturated carbocycles. The molecule has 0 radical (unpaired) electrons. The van der Waals surface area contributed by atoms with Gasteiger partial charge in [0, 0.05) is 30.1 Å². The molecule has 5 rings (SSSR count). The molecular weight excluding hydrogens is 346 g/mol. The smallest absolute Gasteiger partial charge is 0.253 e. The van der Waals surface area contributed by atoms with Crippen molar-refractivity contribution in [3.8, 4) is 0 Å². The van der Waals surface area contributed by atoms with Crippen LogP contribution in [0.15, 0.2) is 29.1 Å². The maximum Gasteiger partial charge on any atom is 0.253 e. The van der Waals surface area contributed by atoms with Crippen LogP contribution in [0, 0.1) is 19.8 Å². The molecule has 2 amide bonds. The molecule has 1 aromatic carbocycles. The van der Waals surface area contributed by atoms with E-state index in [-0.39, 0.29) is 23.8 Å². The van der Waals surface area contributed by atoms with Gasteiger partial charge in [-0.15, -0.1) is 11.3 Å². The minimum Gasteiger partial charge on any atom is -0.336 e. The van der Waals surface area contributed by atoms with Gasteiger partial charge < -0.3 is 9.80 Å². The van der Waals surface area contributed by atoms with Crippen molar-refractivity contribution in [3.05, 3.63) is 51.5 Å². The van der Waals surface area contributed by atoms with E-state index in [4.69, 9.17) is 0 Å². The van der Waals surface area contributed by atoms with E-state index in [1.807, 2.05) is 41.2 Å². The zero-order valence-corrected chi connectivity index (χ0v) is 16.0. The summed E-state index contributed by atoms with van der Waals surface area (Å²) in [5.41, 5.74) is 5.64. The number of rotatable bonds is 3. The number of hydrogen-bond acceptors (Lipinski definition) is 4. The van der Waals surface area contributed by atoms with Crippen LogP contribution >= 0.6 is 11.3 Å². The Bertz CT molecular complexity index is 813. The van der Waals surface area contributed by atoms with Crippen molar-refractivity contribution in [2.24, 2.45) is 5.92 Å². The number of aromatic nitrogens is 1. The molecule has 4 heterocycles. The fourth-order valence-corrected chi connectivity index (χ4v) is 4.73. The maximum atomic E-state index is 13.1. The van der Waals surface area contributed by atoms with Gasteiger partial charge in [0.1, 0.15) is 0 Å². The first kappa shape index (κ1) is 17.2. The van der Waals surface area contributed by atoms with Gasteiger partial charge in [-0.2, -0.15) is 0 Å². The van der Waals surface area contributed by atoms with Crippen molar-refractivity contribution in [1.29, 1.82) is 0 Å². The highest BCUT2D eigenvalue weighted by atomic mass is 32.1. The van der Waals surface area contributed by atoms with E-state index < -0.39 is 0 Å². The van der Waals surface area contributed by atoms with Gasteiger partial charge in [0.15, 0.2) is 0 Å². The highest BCUT2D eigenvalue weighted by Crippen LogP contribution is 2.31. The number of carbonyl (C=O) groups is 2. The molecule has 1 aromatic heterocycles. The largest absolute Gasteiger partial charge is 0.336 e. The van der Waals surface area contributed by atoms with Gasteiger partial charge in [0.05, 0.1) is 23.7 Å². The zero-order valence-electron chi connectivity index (χ0n) is 15.1.